The lowest BCUT2D eigenvalue weighted by molar-refractivity contribution is 0.122. The van der Waals surface area contributed by atoms with Crippen molar-refractivity contribution in [3.05, 3.63) is 35.0 Å². The fourth-order valence-electron chi connectivity index (χ4n) is 4.87. The van der Waals surface area contributed by atoms with Crippen LogP contribution in [-0.2, 0) is 13.0 Å². The van der Waals surface area contributed by atoms with E-state index in [0.717, 1.165) is 6.54 Å². The van der Waals surface area contributed by atoms with Crippen LogP contribution in [0.4, 0.5) is 0 Å². The topological polar surface area (TPSA) is 11.4 Å². The summed E-state index contributed by atoms with van der Waals surface area (Å²) in [6.45, 7) is 13.9. The van der Waals surface area contributed by atoms with Gasteiger partial charge in [-0.05, 0) is 57.0 Å². The molecule has 1 aromatic carbocycles. The molecule has 3 nitrogen and oxygen atoms in total. The first-order valence-corrected chi connectivity index (χ1v) is 9.81. The molecule has 0 fully saturated rings. The lowest BCUT2D eigenvalue weighted by Gasteiger charge is -2.40. The van der Waals surface area contributed by atoms with E-state index in [0.29, 0.717) is 6.04 Å². The third kappa shape index (κ3) is 3.64. The summed E-state index contributed by atoms with van der Waals surface area (Å²) >= 11 is 0. The minimum atomic E-state index is 0. The smallest absolute Gasteiger partial charge is 0.0505 e. The van der Waals surface area contributed by atoms with Crippen LogP contribution < -0.4 is 0 Å². The molecule has 26 heavy (non-hydrogen) atoms. The molecule has 2 heterocycles. The third-order valence-electron chi connectivity index (χ3n) is 6.24. The Morgan fingerprint density at radius 2 is 1.88 bits per heavy atom. The Balaban J connectivity index is 0.00000121. The van der Waals surface area contributed by atoms with Crippen molar-refractivity contribution in [2.45, 2.75) is 52.6 Å². The molecule has 2 aliphatic rings. The molecule has 0 spiro atoms. The number of fused-ring (bicyclic) bond motifs is 3. The predicted molar refractivity (Wildman–Crippen MR) is 116 cm³/mol. The lowest BCUT2D eigenvalue weighted by atomic mass is 9.89. The van der Waals surface area contributed by atoms with Gasteiger partial charge in [-0.15, -0.1) is 24.8 Å². The van der Waals surface area contributed by atoms with Gasteiger partial charge in [0.05, 0.1) is 6.04 Å². The normalized spacial score (nSPS) is 19.2. The first-order chi connectivity index (χ1) is 11.7. The van der Waals surface area contributed by atoms with Gasteiger partial charge in [-0.1, -0.05) is 25.5 Å². The Bertz CT molecular complexity index is 736. The number of aryl methyl sites for hydroxylation is 2. The fraction of sp³-hybridized carbons (Fsp3) is 0.619. The van der Waals surface area contributed by atoms with Gasteiger partial charge in [-0.2, -0.15) is 0 Å². The van der Waals surface area contributed by atoms with Gasteiger partial charge in [-0.25, -0.2) is 0 Å². The van der Waals surface area contributed by atoms with Crippen molar-refractivity contribution in [3.8, 4) is 0 Å². The first kappa shape index (κ1) is 21.6. The number of nitrogens with zero attached hydrogens (tertiary/aromatic N) is 3. The average molecular weight is 398 g/mol. The minimum absolute atomic E-state index is 0. The number of benzene rings is 1. The number of hydrogen-bond acceptors (Lipinski definition) is 2. The molecule has 4 rings (SSSR count). The molecule has 146 valence electrons. The minimum Gasteiger partial charge on any atom is -0.342 e. The van der Waals surface area contributed by atoms with Crippen LogP contribution in [0.3, 0.4) is 0 Å². The van der Waals surface area contributed by atoms with Crippen molar-refractivity contribution in [1.29, 1.82) is 0 Å². The molecule has 2 aromatic rings. The summed E-state index contributed by atoms with van der Waals surface area (Å²) in [6, 6.07) is 7.69. The Labute approximate surface area is 170 Å². The molecule has 0 radical (unpaired) electrons. The zero-order chi connectivity index (χ0) is 16.7. The average Bonchev–Trinajstić information content (AvgIpc) is 2.92. The zero-order valence-electron chi connectivity index (χ0n) is 16.3. The number of halogens is 2. The van der Waals surface area contributed by atoms with Crippen LogP contribution in [0.25, 0.3) is 10.9 Å². The molecule has 1 atom stereocenters. The van der Waals surface area contributed by atoms with Gasteiger partial charge in [0.15, 0.2) is 0 Å². The second kappa shape index (κ2) is 8.97. The molecule has 0 saturated heterocycles. The predicted octanol–water partition coefficient (Wildman–Crippen LogP) is 4.83. The van der Waals surface area contributed by atoms with E-state index < -0.39 is 0 Å². The van der Waals surface area contributed by atoms with Crippen LogP contribution in [0.5, 0.6) is 0 Å². The molecular formula is C21H33Cl2N3. The van der Waals surface area contributed by atoms with Crippen molar-refractivity contribution < 1.29 is 0 Å². The summed E-state index contributed by atoms with van der Waals surface area (Å²) in [7, 11) is 0. The van der Waals surface area contributed by atoms with Crippen molar-refractivity contribution in [3.63, 3.8) is 0 Å². The van der Waals surface area contributed by atoms with Crippen LogP contribution in [-0.4, -0.2) is 47.1 Å². The summed E-state index contributed by atoms with van der Waals surface area (Å²) in [5.74, 6) is 0. The molecule has 0 bridgehead atoms. The number of rotatable bonds is 5. The Hall–Kier alpha value is -0.740. The van der Waals surface area contributed by atoms with E-state index in [4.69, 9.17) is 0 Å². The van der Waals surface area contributed by atoms with E-state index in [1.165, 1.54) is 68.5 Å². The van der Waals surface area contributed by atoms with Crippen LogP contribution in [0.2, 0.25) is 0 Å². The molecule has 1 unspecified atom stereocenters. The largest absolute Gasteiger partial charge is 0.342 e. The summed E-state index contributed by atoms with van der Waals surface area (Å²) < 4.78 is 2.64. The Morgan fingerprint density at radius 3 is 2.62 bits per heavy atom. The van der Waals surface area contributed by atoms with E-state index in [-0.39, 0.29) is 24.8 Å². The van der Waals surface area contributed by atoms with E-state index in [9.17, 15) is 0 Å². The molecule has 1 aliphatic carbocycles. The molecule has 0 N–H and O–H groups in total. The van der Waals surface area contributed by atoms with Crippen molar-refractivity contribution in [1.82, 2.24) is 14.4 Å². The summed E-state index contributed by atoms with van der Waals surface area (Å²) in [4.78, 5) is 5.32. The van der Waals surface area contributed by atoms with Crippen molar-refractivity contribution >= 4 is 35.7 Å². The molecular weight excluding hydrogens is 365 g/mol. The van der Waals surface area contributed by atoms with Gasteiger partial charge < -0.3 is 9.47 Å². The number of aromatic nitrogens is 1. The standard InChI is InChI=1S/C21H31N3.2ClH/c1-4-22(5-2)11-12-23-13-14-24-19-10-9-16(3)15-18(19)17-7-6-8-20(23)21(17)24;;/h9-10,15,20H,4-8,11-14H2,1-3H3;2*1H. The monoisotopic (exact) mass is 397 g/mol. The molecule has 1 aliphatic heterocycles. The highest BCUT2D eigenvalue weighted by molar-refractivity contribution is 5.87. The first-order valence-electron chi connectivity index (χ1n) is 9.81. The number of likely N-dealkylation sites (N-methyl/N-ethyl adjacent to an activating group) is 1. The van der Waals surface area contributed by atoms with E-state index >= 15 is 0 Å². The molecule has 5 heteroatoms. The molecule has 0 saturated carbocycles. The fourth-order valence-corrected chi connectivity index (χ4v) is 4.87. The lowest BCUT2D eigenvalue weighted by Crippen LogP contribution is -2.43. The van der Waals surface area contributed by atoms with Crippen LogP contribution in [0.15, 0.2) is 18.2 Å². The maximum absolute atomic E-state index is 2.77. The zero-order valence-corrected chi connectivity index (χ0v) is 18.0. The van der Waals surface area contributed by atoms with Gasteiger partial charge in [0.2, 0.25) is 0 Å². The summed E-state index contributed by atoms with van der Waals surface area (Å²) in [6.07, 6.45) is 3.94. The maximum Gasteiger partial charge on any atom is 0.0505 e. The van der Waals surface area contributed by atoms with E-state index in [1.807, 2.05) is 0 Å². The van der Waals surface area contributed by atoms with Crippen molar-refractivity contribution in [2.75, 3.05) is 32.7 Å². The van der Waals surface area contributed by atoms with Gasteiger partial charge >= 0.3 is 0 Å². The second-order valence-corrected chi connectivity index (χ2v) is 7.51. The third-order valence-corrected chi connectivity index (χ3v) is 6.24. The second-order valence-electron chi connectivity index (χ2n) is 7.51. The molecule has 0 amide bonds. The highest BCUT2D eigenvalue weighted by Gasteiger charge is 2.34. The maximum atomic E-state index is 2.77. The summed E-state index contributed by atoms with van der Waals surface area (Å²) in [5, 5.41) is 1.53. The highest BCUT2D eigenvalue weighted by Crippen LogP contribution is 2.42. The molecule has 1 aromatic heterocycles. The SMILES string of the molecule is CCN(CC)CCN1CCn2c3c(c4cc(C)ccc42)CCCC31.Cl.Cl. The van der Waals surface area contributed by atoms with Crippen molar-refractivity contribution in [2.24, 2.45) is 0 Å². The van der Waals surface area contributed by atoms with Crippen LogP contribution in [0.1, 0.15) is 49.6 Å². The van der Waals surface area contributed by atoms with Gasteiger partial charge in [-0.3, -0.25) is 4.90 Å². The summed E-state index contributed by atoms with van der Waals surface area (Å²) in [5.41, 5.74) is 6.16. The highest BCUT2D eigenvalue weighted by atomic mass is 35.5. The van der Waals surface area contributed by atoms with Crippen LogP contribution in [0, 0.1) is 6.92 Å². The number of hydrogen-bond donors (Lipinski definition) is 0. The van der Waals surface area contributed by atoms with Crippen LogP contribution >= 0.6 is 24.8 Å². The van der Waals surface area contributed by atoms with Gasteiger partial charge in [0.1, 0.15) is 0 Å². The quantitative estimate of drug-likeness (QED) is 0.715. The Morgan fingerprint density at radius 1 is 1.12 bits per heavy atom. The van der Waals surface area contributed by atoms with Gasteiger partial charge in [0, 0.05) is 42.8 Å². The van der Waals surface area contributed by atoms with Gasteiger partial charge in [0.25, 0.3) is 0 Å². The Kier molecular flexibility index (Phi) is 7.43. The van der Waals surface area contributed by atoms with E-state index in [1.54, 1.807) is 11.3 Å². The van der Waals surface area contributed by atoms with E-state index in [2.05, 4.69) is 53.3 Å².